The molecule has 0 aromatic heterocycles. The number of unbranched alkanes of at least 4 members (excludes halogenated alkanes) is 3. The molecular formula is C21H32N4O6. The van der Waals surface area contributed by atoms with Gasteiger partial charge in [0.15, 0.2) is 6.29 Å². The number of aliphatic hydroxyl groups excluding tert-OH is 3. The van der Waals surface area contributed by atoms with Gasteiger partial charge in [0.1, 0.15) is 12.2 Å². The summed E-state index contributed by atoms with van der Waals surface area (Å²) in [6, 6.07) is 6.95. The van der Waals surface area contributed by atoms with E-state index < -0.39 is 24.6 Å². The molecule has 0 radical (unpaired) electrons. The van der Waals surface area contributed by atoms with E-state index >= 15 is 0 Å². The largest absolute Gasteiger partial charge is 0.394 e. The summed E-state index contributed by atoms with van der Waals surface area (Å²) >= 11 is 0. The van der Waals surface area contributed by atoms with Gasteiger partial charge in [0, 0.05) is 29.5 Å². The zero-order valence-electron chi connectivity index (χ0n) is 17.8. The Morgan fingerprint density at radius 1 is 1.19 bits per heavy atom. The summed E-state index contributed by atoms with van der Waals surface area (Å²) in [5, 5.41) is 35.5. The molecule has 5 atom stereocenters. The summed E-state index contributed by atoms with van der Waals surface area (Å²) < 4.78 is 11.2. The zero-order valence-corrected chi connectivity index (χ0v) is 17.8. The van der Waals surface area contributed by atoms with E-state index in [1.165, 1.54) is 0 Å². The molecule has 1 fully saturated rings. The van der Waals surface area contributed by atoms with E-state index in [4.69, 9.17) is 15.0 Å². The molecule has 1 aliphatic heterocycles. The van der Waals surface area contributed by atoms with Gasteiger partial charge in [-0.05, 0) is 36.1 Å². The lowest BCUT2D eigenvalue weighted by Gasteiger charge is -2.40. The van der Waals surface area contributed by atoms with Gasteiger partial charge in [0.25, 0.3) is 5.91 Å². The van der Waals surface area contributed by atoms with Crippen LogP contribution < -0.4 is 5.32 Å². The van der Waals surface area contributed by atoms with Crippen molar-refractivity contribution >= 4 is 5.91 Å². The quantitative estimate of drug-likeness (QED) is 0.170. The third kappa shape index (κ3) is 7.77. The molecule has 1 amide bonds. The van der Waals surface area contributed by atoms with E-state index in [1.54, 1.807) is 31.2 Å². The number of hydrogen-bond donors (Lipinski definition) is 4. The van der Waals surface area contributed by atoms with Crippen LogP contribution in [0.3, 0.4) is 0 Å². The molecule has 1 heterocycles. The Bertz CT molecular complexity index is 723. The van der Waals surface area contributed by atoms with Crippen LogP contribution in [0.5, 0.6) is 0 Å². The number of azide groups is 1. The van der Waals surface area contributed by atoms with Crippen LogP contribution in [-0.4, -0.2) is 65.6 Å². The van der Waals surface area contributed by atoms with Crippen molar-refractivity contribution in [2.24, 2.45) is 11.0 Å². The number of hydrogen-bond acceptors (Lipinski definition) is 7. The monoisotopic (exact) mass is 436 g/mol. The minimum atomic E-state index is -1.12. The van der Waals surface area contributed by atoms with Gasteiger partial charge in [-0.1, -0.05) is 37.0 Å². The third-order valence-corrected chi connectivity index (χ3v) is 5.36. The van der Waals surface area contributed by atoms with Crippen LogP contribution in [0.15, 0.2) is 29.4 Å². The van der Waals surface area contributed by atoms with Crippen molar-refractivity contribution in [1.82, 2.24) is 5.32 Å². The summed E-state index contributed by atoms with van der Waals surface area (Å²) in [5.41, 5.74) is 9.73. The smallest absolute Gasteiger partial charge is 0.251 e. The predicted molar refractivity (Wildman–Crippen MR) is 113 cm³/mol. The SMILES string of the molecule is CC1[C@H](OCCCCCCNC(=O)c2ccc(CN=[N+]=[N-])cc2)OC(CO)[C@@H](O)[C@@H]1O. The Balaban J connectivity index is 1.56. The molecule has 10 nitrogen and oxygen atoms in total. The number of amides is 1. The van der Waals surface area contributed by atoms with Crippen LogP contribution in [0.25, 0.3) is 10.4 Å². The molecule has 31 heavy (non-hydrogen) atoms. The Kier molecular flexibility index (Phi) is 10.7. The molecule has 1 saturated heterocycles. The van der Waals surface area contributed by atoms with E-state index in [-0.39, 0.29) is 25.0 Å². The van der Waals surface area contributed by atoms with Gasteiger partial charge in [0.05, 0.1) is 19.3 Å². The van der Waals surface area contributed by atoms with Crippen LogP contribution in [0.1, 0.15) is 48.5 Å². The van der Waals surface area contributed by atoms with E-state index in [2.05, 4.69) is 15.3 Å². The normalized spacial score (nSPS) is 25.6. The number of nitrogens with one attached hydrogen (secondary N) is 1. The molecule has 0 saturated carbocycles. The predicted octanol–water partition coefficient (Wildman–Crippen LogP) is 1.88. The summed E-state index contributed by atoms with van der Waals surface area (Å²) in [7, 11) is 0. The topological polar surface area (TPSA) is 157 Å². The zero-order chi connectivity index (χ0) is 22.6. The lowest BCUT2D eigenvalue weighted by Crippen LogP contribution is -2.55. The van der Waals surface area contributed by atoms with Gasteiger partial charge in [-0.25, -0.2) is 0 Å². The molecule has 10 heteroatoms. The fraction of sp³-hybridized carbons (Fsp3) is 0.667. The van der Waals surface area contributed by atoms with Crippen LogP contribution in [0.2, 0.25) is 0 Å². The molecule has 1 aromatic carbocycles. The summed E-state index contributed by atoms with van der Waals surface area (Å²) in [5.74, 6) is -0.526. The van der Waals surface area contributed by atoms with Gasteiger partial charge in [0.2, 0.25) is 0 Å². The highest BCUT2D eigenvalue weighted by molar-refractivity contribution is 5.94. The Morgan fingerprint density at radius 2 is 1.90 bits per heavy atom. The molecule has 0 aliphatic carbocycles. The van der Waals surface area contributed by atoms with Crippen molar-refractivity contribution in [3.05, 3.63) is 45.8 Å². The second kappa shape index (κ2) is 13.3. The van der Waals surface area contributed by atoms with Gasteiger partial charge in [-0.2, -0.15) is 0 Å². The van der Waals surface area contributed by atoms with E-state index in [9.17, 15) is 20.1 Å². The summed E-state index contributed by atoms with van der Waals surface area (Å²) in [6.45, 7) is 2.65. The first kappa shape index (κ1) is 25.1. The van der Waals surface area contributed by atoms with Crippen molar-refractivity contribution in [2.45, 2.75) is 63.8 Å². The van der Waals surface area contributed by atoms with Crippen LogP contribution >= 0.6 is 0 Å². The Labute approximate surface area is 181 Å². The first-order valence-corrected chi connectivity index (χ1v) is 10.6. The summed E-state index contributed by atoms with van der Waals surface area (Å²) in [6.07, 6.45) is -0.136. The third-order valence-electron chi connectivity index (χ3n) is 5.36. The van der Waals surface area contributed by atoms with E-state index in [0.29, 0.717) is 18.7 Å². The maximum absolute atomic E-state index is 12.1. The van der Waals surface area contributed by atoms with Crippen LogP contribution in [0.4, 0.5) is 0 Å². The van der Waals surface area contributed by atoms with E-state index in [1.807, 2.05) is 0 Å². The van der Waals surface area contributed by atoms with Gasteiger partial charge in [-0.15, -0.1) is 0 Å². The Morgan fingerprint density at radius 3 is 2.58 bits per heavy atom. The standard InChI is InChI=1S/C21H32N4O6/c1-14-18(27)19(28)17(13-26)31-21(14)30-11-5-3-2-4-10-23-20(29)16-8-6-15(7-9-16)12-24-25-22/h6-9,14,17-19,21,26-28H,2-5,10-13H2,1H3,(H,23,29)/t14?,17?,18-,19-,21-/m1/s1. The first-order valence-electron chi connectivity index (χ1n) is 10.6. The first-order chi connectivity index (χ1) is 15.0. The molecule has 2 unspecified atom stereocenters. The highest BCUT2D eigenvalue weighted by atomic mass is 16.7. The summed E-state index contributed by atoms with van der Waals surface area (Å²) in [4.78, 5) is 14.8. The number of aliphatic hydroxyl groups is 3. The second-order valence-corrected chi connectivity index (χ2v) is 7.69. The highest BCUT2D eigenvalue weighted by Gasteiger charge is 2.42. The van der Waals surface area contributed by atoms with Crippen molar-refractivity contribution < 1.29 is 29.6 Å². The average Bonchev–Trinajstić information content (AvgIpc) is 2.79. The van der Waals surface area contributed by atoms with Crippen molar-refractivity contribution in [1.29, 1.82) is 0 Å². The molecule has 0 bridgehead atoms. The molecule has 2 rings (SSSR count). The number of benzene rings is 1. The van der Waals surface area contributed by atoms with Crippen molar-refractivity contribution in [2.75, 3.05) is 19.8 Å². The minimum Gasteiger partial charge on any atom is -0.394 e. The fourth-order valence-electron chi connectivity index (χ4n) is 3.37. The number of nitrogens with zero attached hydrogens (tertiary/aromatic N) is 3. The lowest BCUT2D eigenvalue weighted by atomic mass is 9.92. The maximum Gasteiger partial charge on any atom is 0.251 e. The van der Waals surface area contributed by atoms with E-state index in [0.717, 1.165) is 31.2 Å². The number of carbonyl (C=O) groups is 1. The van der Waals surface area contributed by atoms with Crippen molar-refractivity contribution in [3.63, 3.8) is 0 Å². The number of rotatable bonds is 12. The highest BCUT2D eigenvalue weighted by Crippen LogP contribution is 2.26. The molecular weight excluding hydrogens is 404 g/mol. The fourth-order valence-corrected chi connectivity index (χ4v) is 3.37. The lowest BCUT2D eigenvalue weighted by molar-refractivity contribution is -0.282. The Hall–Kier alpha value is -2.20. The molecule has 0 spiro atoms. The van der Waals surface area contributed by atoms with Gasteiger partial charge < -0.3 is 30.1 Å². The van der Waals surface area contributed by atoms with Gasteiger partial charge >= 0.3 is 0 Å². The minimum absolute atomic E-state index is 0.138. The van der Waals surface area contributed by atoms with Gasteiger partial charge in [-0.3, -0.25) is 4.79 Å². The average molecular weight is 437 g/mol. The molecule has 172 valence electrons. The molecule has 1 aliphatic rings. The number of ether oxygens (including phenoxy) is 2. The maximum atomic E-state index is 12.1. The molecule has 1 aromatic rings. The van der Waals surface area contributed by atoms with Crippen molar-refractivity contribution in [3.8, 4) is 0 Å². The van der Waals surface area contributed by atoms with Crippen LogP contribution in [-0.2, 0) is 16.0 Å². The molecule has 4 N–H and O–H groups in total. The second-order valence-electron chi connectivity index (χ2n) is 7.69. The van der Waals surface area contributed by atoms with Crippen LogP contribution in [0, 0.1) is 5.92 Å². The number of carbonyl (C=O) groups excluding carboxylic acids is 1.